The average Bonchev–Trinajstić information content (AvgIpc) is 3.32. The second-order valence-electron chi connectivity index (χ2n) is 8.02. The lowest BCUT2D eigenvalue weighted by molar-refractivity contribution is -0.136. The number of nitrogens with one attached hydrogen (secondary N) is 1. The highest BCUT2D eigenvalue weighted by atomic mass is 19.4. The molecule has 1 saturated heterocycles. The first-order valence-corrected chi connectivity index (χ1v) is 10.1. The van der Waals surface area contributed by atoms with Crippen molar-refractivity contribution in [1.29, 1.82) is 0 Å². The van der Waals surface area contributed by atoms with Gasteiger partial charge in [-0.25, -0.2) is 4.98 Å². The van der Waals surface area contributed by atoms with Crippen LogP contribution >= 0.6 is 0 Å². The summed E-state index contributed by atoms with van der Waals surface area (Å²) in [4.78, 5) is 9.25. The second-order valence-corrected chi connectivity index (χ2v) is 8.02. The first kappa shape index (κ1) is 19.9. The van der Waals surface area contributed by atoms with E-state index in [4.69, 9.17) is 5.10 Å². The van der Waals surface area contributed by atoms with Gasteiger partial charge in [-0.2, -0.15) is 18.3 Å². The van der Waals surface area contributed by atoms with Crippen LogP contribution in [0.25, 0.3) is 22.3 Å². The molecule has 0 aliphatic carbocycles. The first-order valence-electron chi connectivity index (χ1n) is 10.1. The lowest BCUT2D eigenvalue weighted by Gasteiger charge is -2.31. The van der Waals surface area contributed by atoms with E-state index in [-0.39, 0.29) is 17.1 Å². The minimum absolute atomic E-state index is 0.0758. The number of hydrogen-bond donors (Lipinski definition) is 1. The van der Waals surface area contributed by atoms with E-state index in [0.29, 0.717) is 17.2 Å². The average molecular weight is 405 g/mol. The van der Waals surface area contributed by atoms with Gasteiger partial charge in [0.05, 0.1) is 11.3 Å². The fourth-order valence-electron chi connectivity index (χ4n) is 4.19. The molecule has 1 fully saturated rings. The zero-order valence-electron chi connectivity index (χ0n) is 16.9. The van der Waals surface area contributed by atoms with Gasteiger partial charge in [0, 0.05) is 41.0 Å². The number of hydrogen-bond acceptors (Lipinski definition) is 3. The number of alkyl halides is 3. The first-order chi connectivity index (χ1) is 13.8. The SMILES string of the molecule is CCN1CCC(c2cc(-c3cnc4[nH]cc(C(F)(F)F)c4c3)nn2C(C)C)CC1. The van der Waals surface area contributed by atoms with Crippen LogP contribution in [0, 0.1) is 0 Å². The number of piperidine rings is 1. The fourth-order valence-corrected chi connectivity index (χ4v) is 4.19. The molecule has 5 nitrogen and oxygen atoms in total. The fraction of sp³-hybridized carbons (Fsp3) is 0.524. The molecule has 29 heavy (non-hydrogen) atoms. The van der Waals surface area contributed by atoms with Crippen LogP contribution in [-0.2, 0) is 6.18 Å². The van der Waals surface area contributed by atoms with Gasteiger partial charge in [0.15, 0.2) is 0 Å². The molecule has 1 N–H and O–H groups in total. The van der Waals surface area contributed by atoms with Gasteiger partial charge in [-0.15, -0.1) is 0 Å². The van der Waals surface area contributed by atoms with Crippen LogP contribution < -0.4 is 0 Å². The van der Waals surface area contributed by atoms with Crippen LogP contribution in [0.2, 0.25) is 0 Å². The largest absolute Gasteiger partial charge is 0.418 e. The number of likely N-dealkylation sites (tertiary alicyclic amines) is 1. The third kappa shape index (κ3) is 3.77. The van der Waals surface area contributed by atoms with Crippen LogP contribution in [0.5, 0.6) is 0 Å². The molecule has 0 atom stereocenters. The van der Waals surface area contributed by atoms with Crippen molar-refractivity contribution in [3.8, 4) is 11.3 Å². The summed E-state index contributed by atoms with van der Waals surface area (Å²) in [5.74, 6) is 0.413. The van der Waals surface area contributed by atoms with Crippen molar-refractivity contribution in [2.75, 3.05) is 19.6 Å². The van der Waals surface area contributed by atoms with Gasteiger partial charge in [0.25, 0.3) is 0 Å². The normalized spacial score (nSPS) is 16.9. The standard InChI is InChI=1S/C21H26F3N5/c1-4-28-7-5-14(6-8-28)19-10-18(27-29(19)13(2)3)15-9-16-17(21(22,23)24)12-26-20(16)25-11-15/h9-14H,4-8H2,1-3H3,(H,25,26). The van der Waals surface area contributed by atoms with Gasteiger partial charge in [0.2, 0.25) is 0 Å². The molecule has 3 aromatic heterocycles. The molecule has 4 rings (SSSR count). The summed E-state index contributed by atoms with van der Waals surface area (Å²) in [6, 6.07) is 3.75. The van der Waals surface area contributed by atoms with Crippen molar-refractivity contribution in [3.63, 3.8) is 0 Å². The predicted octanol–water partition coefficient (Wildman–Crippen LogP) is 5.23. The number of nitrogens with zero attached hydrogens (tertiary/aromatic N) is 4. The van der Waals surface area contributed by atoms with Crippen LogP contribution in [0.3, 0.4) is 0 Å². The van der Waals surface area contributed by atoms with E-state index in [1.54, 1.807) is 6.20 Å². The smallest absolute Gasteiger partial charge is 0.346 e. The number of fused-ring (bicyclic) bond motifs is 1. The van der Waals surface area contributed by atoms with Crippen molar-refractivity contribution in [3.05, 3.63) is 35.8 Å². The van der Waals surface area contributed by atoms with Crippen molar-refractivity contribution in [2.45, 2.75) is 51.7 Å². The maximum atomic E-state index is 13.3. The number of pyridine rings is 1. The predicted molar refractivity (Wildman–Crippen MR) is 107 cm³/mol. The van der Waals surface area contributed by atoms with Gasteiger partial charge < -0.3 is 9.88 Å². The highest BCUT2D eigenvalue weighted by Gasteiger charge is 2.34. The summed E-state index contributed by atoms with van der Waals surface area (Å²) in [7, 11) is 0. The molecule has 156 valence electrons. The van der Waals surface area contributed by atoms with Crippen LogP contribution in [-0.4, -0.2) is 44.3 Å². The molecular weight excluding hydrogens is 379 g/mol. The van der Waals surface area contributed by atoms with Crippen molar-refractivity contribution < 1.29 is 13.2 Å². The van der Waals surface area contributed by atoms with Crippen LogP contribution in [0.4, 0.5) is 13.2 Å². The number of halogens is 3. The summed E-state index contributed by atoms with van der Waals surface area (Å²) in [6.45, 7) is 9.52. The third-order valence-electron chi connectivity index (χ3n) is 5.84. The summed E-state index contributed by atoms with van der Waals surface area (Å²) >= 11 is 0. The molecular formula is C21H26F3N5. The van der Waals surface area contributed by atoms with E-state index >= 15 is 0 Å². The van der Waals surface area contributed by atoms with E-state index in [2.05, 4.69) is 35.6 Å². The monoisotopic (exact) mass is 405 g/mol. The van der Waals surface area contributed by atoms with E-state index in [0.717, 1.165) is 44.4 Å². The van der Waals surface area contributed by atoms with Gasteiger partial charge in [-0.3, -0.25) is 4.68 Å². The number of aromatic amines is 1. The molecule has 8 heteroatoms. The summed E-state index contributed by atoms with van der Waals surface area (Å²) in [5.41, 5.74) is 1.98. The number of rotatable bonds is 4. The Hall–Kier alpha value is -2.35. The maximum Gasteiger partial charge on any atom is 0.418 e. The Kier molecular flexibility index (Phi) is 5.14. The van der Waals surface area contributed by atoms with Crippen molar-refractivity contribution in [2.24, 2.45) is 0 Å². The Morgan fingerprint density at radius 1 is 1.21 bits per heavy atom. The Bertz CT molecular complexity index is 994. The second kappa shape index (κ2) is 7.48. The van der Waals surface area contributed by atoms with Crippen molar-refractivity contribution >= 4 is 11.0 Å². The van der Waals surface area contributed by atoms with Gasteiger partial charge in [-0.1, -0.05) is 6.92 Å². The Morgan fingerprint density at radius 2 is 1.93 bits per heavy atom. The molecule has 3 aromatic rings. The highest BCUT2D eigenvalue weighted by molar-refractivity contribution is 5.84. The quantitative estimate of drug-likeness (QED) is 0.647. The van der Waals surface area contributed by atoms with Crippen LogP contribution in [0.1, 0.15) is 56.8 Å². The molecule has 0 spiro atoms. The topological polar surface area (TPSA) is 49.7 Å². The van der Waals surface area contributed by atoms with Crippen molar-refractivity contribution in [1.82, 2.24) is 24.6 Å². The summed E-state index contributed by atoms with van der Waals surface area (Å²) < 4.78 is 41.9. The molecule has 0 saturated carbocycles. The van der Waals surface area contributed by atoms with Gasteiger partial charge in [0.1, 0.15) is 5.65 Å². The molecule has 1 aliphatic rings. The Balaban J connectivity index is 1.72. The third-order valence-corrected chi connectivity index (χ3v) is 5.84. The number of aromatic nitrogens is 4. The zero-order chi connectivity index (χ0) is 20.8. The number of H-pyrrole nitrogens is 1. The highest BCUT2D eigenvalue weighted by Crippen LogP contribution is 2.37. The Labute approximate surface area is 167 Å². The van der Waals surface area contributed by atoms with E-state index in [1.165, 1.54) is 6.07 Å². The molecule has 1 aliphatic heterocycles. The van der Waals surface area contributed by atoms with Crippen LogP contribution in [0.15, 0.2) is 24.5 Å². The molecule has 0 radical (unpaired) electrons. The lowest BCUT2D eigenvalue weighted by Crippen LogP contribution is -2.33. The molecule has 4 heterocycles. The molecule has 0 unspecified atom stereocenters. The summed E-state index contributed by atoms with van der Waals surface area (Å²) in [6.07, 6.45) is 0.281. The van der Waals surface area contributed by atoms with Gasteiger partial charge >= 0.3 is 6.18 Å². The maximum absolute atomic E-state index is 13.3. The summed E-state index contributed by atoms with van der Waals surface area (Å²) in [5, 5.41) is 4.82. The molecule has 0 bridgehead atoms. The van der Waals surface area contributed by atoms with E-state index in [9.17, 15) is 13.2 Å². The van der Waals surface area contributed by atoms with Gasteiger partial charge in [-0.05, 0) is 58.5 Å². The lowest BCUT2D eigenvalue weighted by atomic mass is 9.92. The minimum Gasteiger partial charge on any atom is -0.346 e. The molecule has 0 amide bonds. The minimum atomic E-state index is -4.42. The Morgan fingerprint density at radius 3 is 2.55 bits per heavy atom. The zero-order valence-corrected chi connectivity index (χ0v) is 16.9. The molecule has 0 aromatic carbocycles. The van der Waals surface area contributed by atoms with E-state index in [1.807, 2.05) is 10.7 Å². The van der Waals surface area contributed by atoms with E-state index < -0.39 is 11.7 Å².